The molecule has 2 unspecified atom stereocenters. The molecular formula is C23H25NO3. The fourth-order valence-corrected chi connectivity index (χ4v) is 3.97. The highest BCUT2D eigenvalue weighted by Crippen LogP contribution is 2.38. The normalized spacial score (nSPS) is 22.5. The van der Waals surface area contributed by atoms with Gasteiger partial charge in [0, 0.05) is 19.0 Å². The van der Waals surface area contributed by atoms with E-state index >= 15 is 0 Å². The third-order valence-corrected chi connectivity index (χ3v) is 5.79. The molecule has 1 aliphatic carbocycles. The van der Waals surface area contributed by atoms with Crippen molar-refractivity contribution in [3.8, 4) is 0 Å². The van der Waals surface area contributed by atoms with Gasteiger partial charge in [0.1, 0.15) is 0 Å². The van der Waals surface area contributed by atoms with E-state index in [1.165, 1.54) is 0 Å². The van der Waals surface area contributed by atoms with Crippen LogP contribution in [-0.2, 0) is 22.5 Å². The van der Waals surface area contributed by atoms with E-state index in [1.54, 1.807) is 13.0 Å². The van der Waals surface area contributed by atoms with Gasteiger partial charge in [-0.3, -0.25) is 4.79 Å². The Morgan fingerprint density at radius 1 is 1.15 bits per heavy atom. The van der Waals surface area contributed by atoms with Gasteiger partial charge in [-0.05, 0) is 49.8 Å². The first kappa shape index (κ1) is 17.8. The molecule has 4 heteroatoms. The predicted octanol–water partition coefficient (Wildman–Crippen LogP) is 3.99. The van der Waals surface area contributed by atoms with Gasteiger partial charge >= 0.3 is 5.97 Å². The predicted molar refractivity (Wildman–Crippen MR) is 103 cm³/mol. The van der Waals surface area contributed by atoms with Gasteiger partial charge in [-0.15, -0.1) is 0 Å². The number of cyclic esters (lactones) is 1. The summed E-state index contributed by atoms with van der Waals surface area (Å²) < 4.78 is 5.70. The maximum absolute atomic E-state index is 13.6. The molecule has 0 saturated heterocycles. The van der Waals surface area contributed by atoms with Crippen molar-refractivity contribution in [2.75, 3.05) is 0 Å². The van der Waals surface area contributed by atoms with E-state index in [0.29, 0.717) is 24.4 Å². The van der Waals surface area contributed by atoms with Crippen LogP contribution in [0.4, 0.5) is 0 Å². The Bertz CT molecular complexity index is 859. The number of hydrogen-bond acceptors (Lipinski definition) is 3. The number of carbonyl (C=O) groups excluding carboxylic acids is 2. The molecule has 0 aromatic heterocycles. The number of nitrogens with zero attached hydrogens (tertiary/aromatic N) is 1. The van der Waals surface area contributed by atoms with Gasteiger partial charge in [0.25, 0.3) is 5.91 Å². The molecule has 2 aromatic rings. The van der Waals surface area contributed by atoms with Crippen LogP contribution in [0.1, 0.15) is 48.2 Å². The fourth-order valence-electron chi connectivity index (χ4n) is 3.97. The minimum atomic E-state index is -1.16. The Balaban J connectivity index is 1.63. The monoisotopic (exact) mass is 363 g/mol. The lowest BCUT2D eigenvalue weighted by Crippen LogP contribution is -2.55. The van der Waals surface area contributed by atoms with E-state index in [1.807, 2.05) is 53.4 Å². The minimum absolute atomic E-state index is 0.103. The van der Waals surface area contributed by atoms with Crippen LogP contribution in [0.15, 0.2) is 54.6 Å². The fraction of sp³-hybridized carbons (Fsp3) is 0.391. The number of amides is 1. The number of ether oxygens (including phenoxy) is 1. The largest absolute Gasteiger partial charge is 0.445 e. The number of esters is 1. The molecule has 4 nitrogen and oxygen atoms in total. The van der Waals surface area contributed by atoms with Gasteiger partial charge in [0.2, 0.25) is 0 Å². The zero-order valence-corrected chi connectivity index (χ0v) is 15.9. The van der Waals surface area contributed by atoms with Gasteiger partial charge in [0.05, 0.1) is 5.56 Å². The van der Waals surface area contributed by atoms with E-state index in [2.05, 4.69) is 6.92 Å². The molecule has 0 bridgehead atoms. The second-order valence-electron chi connectivity index (χ2n) is 7.95. The maximum atomic E-state index is 13.6. The zero-order valence-electron chi connectivity index (χ0n) is 15.9. The number of fused-ring (bicyclic) bond motifs is 1. The molecule has 1 amide bonds. The molecule has 27 heavy (non-hydrogen) atoms. The molecular weight excluding hydrogens is 338 g/mol. The first-order valence-electron chi connectivity index (χ1n) is 9.64. The minimum Gasteiger partial charge on any atom is -0.445 e. The maximum Gasteiger partial charge on any atom is 0.339 e. The molecule has 1 saturated carbocycles. The molecule has 2 aromatic carbocycles. The molecule has 4 rings (SSSR count). The Morgan fingerprint density at radius 3 is 2.52 bits per heavy atom. The molecule has 0 spiro atoms. The Hall–Kier alpha value is -2.62. The molecule has 2 aliphatic rings. The summed E-state index contributed by atoms with van der Waals surface area (Å²) >= 11 is 0. The van der Waals surface area contributed by atoms with Gasteiger partial charge in [-0.25, -0.2) is 4.79 Å². The lowest BCUT2D eigenvalue weighted by Gasteiger charge is -2.39. The number of hydrogen-bond donors (Lipinski definition) is 0. The van der Waals surface area contributed by atoms with Crippen molar-refractivity contribution in [2.24, 2.45) is 5.92 Å². The lowest BCUT2D eigenvalue weighted by atomic mass is 9.88. The summed E-state index contributed by atoms with van der Waals surface area (Å²) in [5, 5.41) is 0. The summed E-state index contributed by atoms with van der Waals surface area (Å²) in [7, 11) is 0. The van der Waals surface area contributed by atoms with E-state index in [4.69, 9.17) is 4.74 Å². The van der Waals surface area contributed by atoms with Crippen LogP contribution in [-0.4, -0.2) is 28.4 Å². The van der Waals surface area contributed by atoms with E-state index in [-0.39, 0.29) is 11.9 Å². The number of benzene rings is 2. The van der Waals surface area contributed by atoms with Crippen molar-refractivity contribution in [1.82, 2.24) is 4.90 Å². The summed E-state index contributed by atoms with van der Waals surface area (Å²) in [5.41, 5.74) is 1.36. The van der Waals surface area contributed by atoms with Gasteiger partial charge in [-0.1, -0.05) is 48.5 Å². The van der Waals surface area contributed by atoms with Crippen molar-refractivity contribution in [3.63, 3.8) is 0 Å². The average molecular weight is 363 g/mol. The highest BCUT2D eigenvalue weighted by molar-refractivity contribution is 5.97. The van der Waals surface area contributed by atoms with Crippen molar-refractivity contribution in [2.45, 2.75) is 51.3 Å². The first-order valence-corrected chi connectivity index (χ1v) is 9.64. The van der Waals surface area contributed by atoms with Crippen LogP contribution in [0.3, 0.4) is 0 Å². The third kappa shape index (κ3) is 3.48. The smallest absolute Gasteiger partial charge is 0.339 e. The van der Waals surface area contributed by atoms with Crippen molar-refractivity contribution < 1.29 is 14.3 Å². The first-order chi connectivity index (χ1) is 13.0. The zero-order chi connectivity index (χ0) is 19.0. The molecule has 2 atom stereocenters. The molecule has 0 radical (unpaired) electrons. The quantitative estimate of drug-likeness (QED) is 0.755. The van der Waals surface area contributed by atoms with Gasteiger partial charge in [0.15, 0.2) is 5.60 Å². The third-order valence-electron chi connectivity index (χ3n) is 5.79. The summed E-state index contributed by atoms with van der Waals surface area (Å²) in [6.07, 6.45) is 2.72. The van der Waals surface area contributed by atoms with Crippen LogP contribution >= 0.6 is 0 Å². The second kappa shape index (κ2) is 6.84. The number of carbonyl (C=O) groups is 2. The van der Waals surface area contributed by atoms with E-state index < -0.39 is 11.6 Å². The summed E-state index contributed by atoms with van der Waals surface area (Å²) in [6, 6.07) is 17.5. The Kier molecular flexibility index (Phi) is 4.50. The second-order valence-corrected chi connectivity index (χ2v) is 7.95. The standard InChI is InChI=1S/C23H25NO3/c1-16(18-12-13-18)24(15-17-8-4-3-5-9-17)22(26)23(2)14-19-10-6-7-11-20(19)21(25)27-23/h3-11,16,18H,12-15H2,1-2H3. The molecule has 1 heterocycles. The van der Waals surface area contributed by atoms with E-state index in [9.17, 15) is 9.59 Å². The molecule has 1 fully saturated rings. The number of rotatable bonds is 5. The van der Waals surface area contributed by atoms with Gasteiger partial charge < -0.3 is 9.64 Å². The molecule has 140 valence electrons. The molecule has 1 aliphatic heterocycles. The highest BCUT2D eigenvalue weighted by atomic mass is 16.6. The summed E-state index contributed by atoms with van der Waals surface area (Å²) in [4.78, 5) is 28.0. The Morgan fingerprint density at radius 2 is 1.81 bits per heavy atom. The Labute approximate surface area is 160 Å². The van der Waals surface area contributed by atoms with Crippen molar-refractivity contribution in [1.29, 1.82) is 0 Å². The lowest BCUT2D eigenvalue weighted by molar-refractivity contribution is -0.154. The SMILES string of the molecule is CC(C1CC1)N(Cc1ccccc1)C(=O)C1(C)Cc2ccccc2C(=O)O1. The van der Waals surface area contributed by atoms with Crippen molar-refractivity contribution >= 4 is 11.9 Å². The van der Waals surface area contributed by atoms with E-state index in [0.717, 1.165) is 24.0 Å². The summed E-state index contributed by atoms with van der Waals surface area (Å²) in [6.45, 7) is 4.40. The summed E-state index contributed by atoms with van der Waals surface area (Å²) in [5.74, 6) is 0.0212. The van der Waals surface area contributed by atoms with Crippen molar-refractivity contribution in [3.05, 3.63) is 71.3 Å². The van der Waals surface area contributed by atoms with Gasteiger partial charge in [-0.2, -0.15) is 0 Å². The van der Waals surface area contributed by atoms with Crippen LogP contribution in [0.5, 0.6) is 0 Å². The average Bonchev–Trinajstić information content (AvgIpc) is 3.51. The van der Waals surface area contributed by atoms with Crippen LogP contribution in [0.25, 0.3) is 0 Å². The highest BCUT2D eigenvalue weighted by Gasteiger charge is 2.47. The topological polar surface area (TPSA) is 46.6 Å². The van der Waals surface area contributed by atoms with Crippen LogP contribution < -0.4 is 0 Å². The molecule has 0 N–H and O–H groups in total. The van der Waals surface area contributed by atoms with Crippen LogP contribution in [0.2, 0.25) is 0 Å². The van der Waals surface area contributed by atoms with Crippen LogP contribution in [0, 0.1) is 5.92 Å².